The van der Waals surface area contributed by atoms with Gasteiger partial charge in [0.15, 0.2) is 0 Å². The maximum Gasteiger partial charge on any atom is 0.264 e. The number of anilines is 1. The molecule has 1 aliphatic heterocycles. The van der Waals surface area contributed by atoms with Crippen LogP contribution in [0.1, 0.15) is 58.9 Å². The number of carbonyl (C=O) groups is 1. The van der Waals surface area contributed by atoms with E-state index in [1.165, 1.54) is 11.1 Å². The molecule has 1 fully saturated rings. The molecule has 0 saturated carbocycles. The Morgan fingerprint density at radius 1 is 1.07 bits per heavy atom. The van der Waals surface area contributed by atoms with Crippen LogP contribution >= 0.6 is 12.2 Å². The van der Waals surface area contributed by atoms with Crippen molar-refractivity contribution in [1.82, 2.24) is 25.1 Å². The molecule has 0 bridgehead atoms. The number of ether oxygens (including phenoxy) is 1. The van der Waals surface area contributed by atoms with Crippen LogP contribution in [0.3, 0.4) is 0 Å². The topological polar surface area (TPSA) is 73.8 Å². The van der Waals surface area contributed by atoms with E-state index in [0.717, 1.165) is 61.6 Å². The van der Waals surface area contributed by atoms with Crippen molar-refractivity contribution >= 4 is 29.0 Å². The van der Waals surface area contributed by atoms with Crippen LogP contribution in [0.15, 0.2) is 55.0 Å². The first-order valence-electron chi connectivity index (χ1n) is 14.7. The Morgan fingerprint density at radius 3 is 2.40 bits per heavy atom. The molecule has 1 unspecified atom stereocenters. The number of carbonyl (C=O) groups excluding carboxylic acids is 1. The molecule has 1 saturated heterocycles. The summed E-state index contributed by atoms with van der Waals surface area (Å²) in [5, 5.41) is 3.55. The maximum atomic E-state index is 12.8. The number of hydrogen-bond donors (Lipinski definition) is 1. The fourth-order valence-electron chi connectivity index (χ4n) is 5.52. The molecule has 1 amide bonds. The molecule has 4 rings (SSSR count). The van der Waals surface area contributed by atoms with Gasteiger partial charge in [0.2, 0.25) is 0 Å². The second kappa shape index (κ2) is 14.6. The zero-order chi connectivity index (χ0) is 30.2. The predicted octanol–water partition coefficient (Wildman–Crippen LogP) is 5.31. The lowest BCUT2D eigenvalue weighted by atomic mass is 9.99. The second-order valence-electron chi connectivity index (χ2n) is 11.4. The lowest BCUT2D eigenvalue weighted by Crippen LogP contribution is -2.48. The molecule has 8 nitrogen and oxygen atoms in total. The molecule has 0 radical (unpaired) electrons. The number of nitrogens with zero attached hydrogens (tertiary/aromatic N) is 5. The fourth-order valence-corrected chi connectivity index (χ4v) is 5.61. The van der Waals surface area contributed by atoms with Crippen LogP contribution in [0, 0.1) is 20.8 Å². The highest BCUT2D eigenvalue weighted by Gasteiger charge is 2.28. The summed E-state index contributed by atoms with van der Waals surface area (Å²) in [5.74, 6) is 0.699. The van der Waals surface area contributed by atoms with Gasteiger partial charge in [-0.1, -0.05) is 0 Å². The first kappa shape index (κ1) is 31.4. The average Bonchev–Trinajstić information content (AvgIpc) is 2.97. The summed E-state index contributed by atoms with van der Waals surface area (Å²) in [7, 11) is 3.75. The molecule has 1 aromatic carbocycles. The van der Waals surface area contributed by atoms with Crippen molar-refractivity contribution in [2.45, 2.75) is 65.6 Å². The van der Waals surface area contributed by atoms with Gasteiger partial charge >= 0.3 is 0 Å². The Hall–Kier alpha value is -3.56. The van der Waals surface area contributed by atoms with E-state index in [9.17, 15) is 4.79 Å². The SMILES string of the molecule is Cc1ccncc1CN(c1ccc(OC(=S)N(C)C)cc1)C1CCN(C(C)CCNC(=O)c2c(C)ccnc2C)CC1. The molecule has 224 valence electrons. The quantitative estimate of drug-likeness (QED) is 0.320. The number of amides is 1. The highest BCUT2D eigenvalue weighted by Crippen LogP contribution is 2.29. The van der Waals surface area contributed by atoms with Crippen LogP contribution in [-0.4, -0.2) is 76.7 Å². The summed E-state index contributed by atoms with van der Waals surface area (Å²) in [6.45, 7) is 11.7. The molecular weight excluding hydrogens is 544 g/mol. The van der Waals surface area contributed by atoms with Crippen molar-refractivity contribution in [2.75, 3.05) is 38.6 Å². The van der Waals surface area contributed by atoms with Crippen molar-refractivity contribution in [1.29, 1.82) is 0 Å². The second-order valence-corrected chi connectivity index (χ2v) is 11.8. The van der Waals surface area contributed by atoms with Gasteiger partial charge in [-0.05, 0) is 112 Å². The van der Waals surface area contributed by atoms with Gasteiger partial charge in [0.05, 0.1) is 11.3 Å². The number of piperidine rings is 1. The Kier molecular flexibility index (Phi) is 10.9. The van der Waals surface area contributed by atoms with Gasteiger partial charge < -0.3 is 24.8 Å². The molecule has 2 aromatic heterocycles. The molecule has 0 spiro atoms. The van der Waals surface area contributed by atoms with Gasteiger partial charge in [0.1, 0.15) is 5.75 Å². The Morgan fingerprint density at radius 2 is 1.76 bits per heavy atom. The van der Waals surface area contributed by atoms with E-state index in [1.807, 2.05) is 58.5 Å². The zero-order valence-electron chi connectivity index (χ0n) is 25.8. The molecule has 1 aliphatic rings. The van der Waals surface area contributed by atoms with Crippen LogP contribution in [0.4, 0.5) is 5.69 Å². The number of likely N-dealkylation sites (tertiary alicyclic amines) is 1. The van der Waals surface area contributed by atoms with Gasteiger partial charge in [0, 0.05) is 76.6 Å². The summed E-state index contributed by atoms with van der Waals surface area (Å²) in [5.41, 5.74) is 6.06. The highest BCUT2D eigenvalue weighted by molar-refractivity contribution is 7.80. The van der Waals surface area contributed by atoms with Gasteiger partial charge in [-0.2, -0.15) is 0 Å². The van der Waals surface area contributed by atoms with Crippen molar-refractivity contribution in [3.63, 3.8) is 0 Å². The van der Waals surface area contributed by atoms with E-state index in [0.29, 0.717) is 29.4 Å². The number of aromatic nitrogens is 2. The Labute approximate surface area is 256 Å². The number of hydrogen-bond acceptors (Lipinski definition) is 7. The van der Waals surface area contributed by atoms with E-state index >= 15 is 0 Å². The first-order valence-corrected chi connectivity index (χ1v) is 15.1. The fraction of sp³-hybridized carbons (Fsp3) is 0.455. The lowest BCUT2D eigenvalue weighted by molar-refractivity contribution is 0.0943. The van der Waals surface area contributed by atoms with Crippen molar-refractivity contribution < 1.29 is 9.53 Å². The summed E-state index contributed by atoms with van der Waals surface area (Å²) < 4.78 is 5.81. The number of rotatable bonds is 10. The van der Waals surface area contributed by atoms with E-state index in [2.05, 4.69) is 57.1 Å². The van der Waals surface area contributed by atoms with E-state index in [-0.39, 0.29) is 5.91 Å². The molecular formula is C33H44N6O2S. The van der Waals surface area contributed by atoms with Crippen LogP contribution in [0.2, 0.25) is 0 Å². The minimum absolute atomic E-state index is 0.0368. The molecule has 3 aromatic rings. The number of nitrogens with one attached hydrogen (secondary N) is 1. The van der Waals surface area contributed by atoms with Crippen LogP contribution in [0.25, 0.3) is 0 Å². The third-order valence-corrected chi connectivity index (χ3v) is 8.66. The van der Waals surface area contributed by atoms with Crippen molar-refractivity contribution in [3.05, 3.63) is 82.9 Å². The van der Waals surface area contributed by atoms with Gasteiger partial charge in [-0.15, -0.1) is 0 Å². The van der Waals surface area contributed by atoms with E-state index in [1.54, 1.807) is 11.1 Å². The Balaban J connectivity index is 1.37. The molecule has 9 heteroatoms. The molecule has 3 heterocycles. The summed E-state index contributed by atoms with van der Waals surface area (Å²) >= 11 is 5.31. The number of thiocarbonyl (C=S) groups is 1. The van der Waals surface area contributed by atoms with Gasteiger partial charge in [-0.25, -0.2) is 0 Å². The smallest absolute Gasteiger partial charge is 0.264 e. The molecule has 42 heavy (non-hydrogen) atoms. The average molecular weight is 589 g/mol. The third-order valence-electron chi connectivity index (χ3n) is 8.21. The molecule has 1 atom stereocenters. The van der Waals surface area contributed by atoms with E-state index < -0.39 is 0 Å². The maximum absolute atomic E-state index is 12.8. The monoisotopic (exact) mass is 588 g/mol. The largest absolute Gasteiger partial charge is 0.432 e. The zero-order valence-corrected chi connectivity index (χ0v) is 26.6. The van der Waals surface area contributed by atoms with Crippen molar-refractivity contribution in [3.8, 4) is 5.75 Å². The van der Waals surface area contributed by atoms with Gasteiger partial charge in [-0.3, -0.25) is 14.8 Å². The predicted molar refractivity (Wildman–Crippen MR) is 173 cm³/mol. The summed E-state index contributed by atoms with van der Waals surface area (Å²) in [6.07, 6.45) is 8.61. The van der Waals surface area contributed by atoms with Crippen LogP contribution in [0.5, 0.6) is 5.75 Å². The van der Waals surface area contributed by atoms with Crippen LogP contribution in [-0.2, 0) is 6.54 Å². The normalized spacial score (nSPS) is 14.7. The Bertz CT molecular complexity index is 1330. The first-order chi connectivity index (χ1) is 20.1. The third kappa shape index (κ3) is 8.04. The standard InChI is InChI=1S/C33H44N6O2S/c1-23-11-16-34-21-27(23)22-39(28-7-9-30(10-8-28)41-33(42)37(5)6)29-14-19-38(20-15-29)25(3)13-18-36-32(40)31-24(2)12-17-35-26(31)4/h7-12,16-17,21,25,29H,13-15,18-20,22H2,1-6H3,(H,36,40). The molecule has 1 N–H and O–H groups in total. The van der Waals surface area contributed by atoms with Gasteiger partial charge in [0.25, 0.3) is 11.1 Å². The minimum Gasteiger partial charge on any atom is -0.432 e. The summed E-state index contributed by atoms with van der Waals surface area (Å²) in [6, 6.07) is 13.0. The molecule has 0 aliphatic carbocycles. The number of benzene rings is 1. The van der Waals surface area contributed by atoms with E-state index in [4.69, 9.17) is 17.0 Å². The summed E-state index contributed by atoms with van der Waals surface area (Å²) in [4.78, 5) is 28.3. The minimum atomic E-state index is -0.0368. The number of aryl methyl sites for hydroxylation is 3. The highest BCUT2D eigenvalue weighted by atomic mass is 32.1. The van der Waals surface area contributed by atoms with Crippen LogP contribution < -0.4 is 15.0 Å². The number of pyridine rings is 2. The lowest BCUT2D eigenvalue weighted by Gasteiger charge is -2.42. The van der Waals surface area contributed by atoms with Crippen molar-refractivity contribution in [2.24, 2.45) is 0 Å².